The number of aromatic nitrogens is 1. The van der Waals surface area contributed by atoms with E-state index < -0.39 is 0 Å². The maximum Gasteiger partial charge on any atom is 0.132 e. The molecule has 0 bridgehead atoms. The number of hydrogen-bond acceptors (Lipinski definition) is 6. The number of nitrogens with two attached hydrogens (primary N) is 1. The fourth-order valence-electron chi connectivity index (χ4n) is 3.09. The third-order valence-corrected chi connectivity index (χ3v) is 5.51. The molecule has 28 heavy (non-hydrogen) atoms. The van der Waals surface area contributed by atoms with Crippen molar-refractivity contribution in [3.05, 3.63) is 65.2 Å². The van der Waals surface area contributed by atoms with Crippen molar-refractivity contribution in [2.75, 3.05) is 33.9 Å². The summed E-state index contributed by atoms with van der Waals surface area (Å²) in [5, 5.41) is 3.07. The topological polar surface area (TPSA) is 60.6 Å². The number of benzene rings is 2. The first kappa shape index (κ1) is 20.3. The van der Waals surface area contributed by atoms with Crippen molar-refractivity contribution in [3.8, 4) is 22.1 Å². The average molecular weight is 398 g/mol. The van der Waals surface area contributed by atoms with Gasteiger partial charge in [0.1, 0.15) is 16.5 Å². The van der Waals surface area contributed by atoms with Gasteiger partial charge in [-0.3, -0.25) is 4.90 Å². The first-order valence-electron chi connectivity index (χ1n) is 9.36. The van der Waals surface area contributed by atoms with Crippen LogP contribution in [0.3, 0.4) is 0 Å². The second-order valence-corrected chi connectivity index (χ2v) is 7.37. The summed E-state index contributed by atoms with van der Waals surface area (Å²) >= 11 is 1.63. The highest BCUT2D eigenvalue weighted by Crippen LogP contribution is 2.35. The molecular weight excluding hydrogens is 370 g/mol. The average Bonchev–Trinajstić information content (AvgIpc) is 3.20. The van der Waals surface area contributed by atoms with Gasteiger partial charge in [-0.1, -0.05) is 30.3 Å². The summed E-state index contributed by atoms with van der Waals surface area (Å²) < 4.78 is 10.8. The summed E-state index contributed by atoms with van der Waals surface area (Å²) in [5.41, 5.74) is 9.20. The zero-order valence-corrected chi connectivity index (χ0v) is 17.2. The molecule has 1 aromatic heterocycles. The molecule has 2 N–H and O–H groups in total. The molecule has 0 aliphatic rings. The molecule has 0 fully saturated rings. The number of rotatable bonds is 10. The molecule has 3 aromatic rings. The lowest BCUT2D eigenvalue weighted by Gasteiger charge is -2.20. The van der Waals surface area contributed by atoms with Gasteiger partial charge in [0.25, 0.3) is 0 Å². The first-order valence-corrected chi connectivity index (χ1v) is 10.2. The number of thiazole rings is 1. The van der Waals surface area contributed by atoms with Crippen molar-refractivity contribution >= 4 is 11.3 Å². The van der Waals surface area contributed by atoms with E-state index in [1.807, 2.05) is 24.3 Å². The zero-order valence-electron chi connectivity index (χ0n) is 16.4. The SMILES string of the molecule is COc1ccc(-c2nc(CN(CCN)CCc3ccccc3)cs2)c(OC)c1. The minimum absolute atomic E-state index is 0.637. The van der Waals surface area contributed by atoms with Gasteiger partial charge in [0, 0.05) is 37.6 Å². The summed E-state index contributed by atoms with van der Waals surface area (Å²) in [7, 11) is 3.32. The van der Waals surface area contributed by atoms with E-state index in [1.54, 1.807) is 25.6 Å². The van der Waals surface area contributed by atoms with Gasteiger partial charge >= 0.3 is 0 Å². The molecular formula is C22H27N3O2S. The summed E-state index contributed by atoms with van der Waals surface area (Å²) in [6.07, 6.45) is 1.00. The fourth-order valence-corrected chi connectivity index (χ4v) is 3.93. The Bertz CT molecular complexity index is 867. The molecule has 0 saturated heterocycles. The van der Waals surface area contributed by atoms with Gasteiger partial charge in [-0.15, -0.1) is 11.3 Å². The fraction of sp³-hybridized carbons (Fsp3) is 0.318. The Hall–Kier alpha value is -2.41. The monoisotopic (exact) mass is 397 g/mol. The van der Waals surface area contributed by atoms with Crippen molar-refractivity contribution < 1.29 is 9.47 Å². The zero-order chi connectivity index (χ0) is 19.8. The van der Waals surface area contributed by atoms with Gasteiger partial charge in [0.2, 0.25) is 0 Å². The quantitative estimate of drug-likeness (QED) is 0.563. The summed E-state index contributed by atoms with van der Waals surface area (Å²) in [6.45, 7) is 3.24. The van der Waals surface area contributed by atoms with Crippen LogP contribution in [0.25, 0.3) is 10.6 Å². The summed E-state index contributed by atoms with van der Waals surface area (Å²) in [5.74, 6) is 1.54. The molecule has 148 valence electrons. The number of nitrogens with zero attached hydrogens (tertiary/aromatic N) is 2. The van der Waals surface area contributed by atoms with Crippen LogP contribution in [-0.4, -0.2) is 43.7 Å². The lowest BCUT2D eigenvalue weighted by Crippen LogP contribution is -2.31. The maximum atomic E-state index is 5.83. The highest BCUT2D eigenvalue weighted by Gasteiger charge is 2.13. The maximum absolute atomic E-state index is 5.83. The largest absolute Gasteiger partial charge is 0.497 e. The minimum atomic E-state index is 0.637. The van der Waals surface area contributed by atoms with Crippen LogP contribution >= 0.6 is 11.3 Å². The molecule has 2 aromatic carbocycles. The van der Waals surface area contributed by atoms with E-state index in [9.17, 15) is 0 Å². The molecule has 0 aliphatic carbocycles. The smallest absolute Gasteiger partial charge is 0.132 e. The van der Waals surface area contributed by atoms with E-state index in [1.165, 1.54) is 5.56 Å². The van der Waals surface area contributed by atoms with Gasteiger partial charge in [0.15, 0.2) is 0 Å². The summed E-state index contributed by atoms with van der Waals surface area (Å²) in [4.78, 5) is 7.20. The molecule has 6 heteroatoms. The second kappa shape index (κ2) is 10.2. The van der Waals surface area contributed by atoms with Gasteiger partial charge in [-0.25, -0.2) is 4.98 Å². The molecule has 0 unspecified atom stereocenters. The van der Waals surface area contributed by atoms with Crippen molar-refractivity contribution in [2.45, 2.75) is 13.0 Å². The first-order chi connectivity index (χ1) is 13.7. The second-order valence-electron chi connectivity index (χ2n) is 6.51. The molecule has 0 amide bonds. The Balaban J connectivity index is 1.69. The predicted molar refractivity (Wildman–Crippen MR) is 115 cm³/mol. The van der Waals surface area contributed by atoms with Crippen LogP contribution in [0.1, 0.15) is 11.3 Å². The highest BCUT2D eigenvalue weighted by atomic mass is 32.1. The Labute approximate surface area is 170 Å². The molecule has 3 rings (SSSR count). The third kappa shape index (κ3) is 5.32. The molecule has 0 atom stereocenters. The van der Waals surface area contributed by atoms with Crippen LogP contribution in [-0.2, 0) is 13.0 Å². The number of methoxy groups -OCH3 is 2. The molecule has 5 nitrogen and oxygen atoms in total. The van der Waals surface area contributed by atoms with Gasteiger partial charge < -0.3 is 15.2 Å². The van der Waals surface area contributed by atoms with E-state index in [4.69, 9.17) is 20.2 Å². The van der Waals surface area contributed by atoms with Gasteiger partial charge in [-0.2, -0.15) is 0 Å². The van der Waals surface area contributed by atoms with Crippen LogP contribution in [0.15, 0.2) is 53.9 Å². The van der Waals surface area contributed by atoms with Crippen molar-refractivity contribution in [3.63, 3.8) is 0 Å². The minimum Gasteiger partial charge on any atom is -0.497 e. The van der Waals surface area contributed by atoms with Crippen molar-refractivity contribution in [2.24, 2.45) is 5.73 Å². The standard InChI is InChI=1S/C22H27N3O2S/c1-26-19-8-9-20(21(14-19)27-2)22-24-18(16-28-22)15-25(13-11-23)12-10-17-6-4-3-5-7-17/h3-9,14,16H,10-13,15,23H2,1-2H3. The Morgan fingerprint density at radius 2 is 1.86 bits per heavy atom. The third-order valence-electron chi connectivity index (χ3n) is 4.58. The normalized spacial score (nSPS) is 11.0. The molecule has 0 radical (unpaired) electrons. The Morgan fingerprint density at radius 1 is 1.04 bits per heavy atom. The van der Waals surface area contributed by atoms with Crippen LogP contribution in [0.2, 0.25) is 0 Å². The van der Waals surface area contributed by atoms with Crippen LogP contribution in [0, 0.1) is 0 Å². The van der Waals surface area contributed by atoms with Gasteiger partial charge in [-0.05, 0) is 24.1 Å². The number of ether oxygens (including phenoxy) is 2. The Kier molecular flexibility index (Phi) is 7.42. The summed E-state index contributed by atoms with van der Waals surface area (Å²) in [6, 6.07) is 16.3. The molecule has 0 saturated carbocycles. The van der Waals surface area contributed by atoms with Crippen molar-refractivity contribution in [1.29, 1.82) is 0 Å². The van der Waals surface area contributed by atoms with E-state index >= 15 is 0 Å². The van der Waals surface area contributed by atoms with Crippen LogP contribution < -0.4 is 15.2 Å². The van der Waals surface area contributed by atoms with E-state index in [2.05, 4.69) is 34.5 Å². The molecule has 0 aliphatic heterocycles. The lowest BCUT2D eigenvalue weighted by molar-refractivity contribution is 0.274. The van der Waals surface area contributed by atoms with Gasteiger partial charge in [0.05, 0.1) is 25.5 Å². The van der Waals surface area contributed by atoms with Crippen LogP contribution in [0.4, 0.5) is 0 Å². The predicted octanol–water partition coefficient (Wildman–Crippen LogP) is 3.83. The van der Waals surface area contributed by atoms with Crippen molar-refractivity contribution in [1.82, 2.24) is 9.88 Å². The number of hydrogen-bond donors (Lipinski definition) is 1. The van der Waals surface area contributed by atoms with E-state index in [-0.39, 0.29) is 0 Å². The van der Waals surface area contributed by atoms with E-state index in [0.717, 1.165) is 53.8 Å². The molecule has 0 spiro atoms. The lowest BCUT2D eigenvalue weighted by atomic mass is 10.1. The van der Waals surface area contributed by atoms with E-state index in [0.29, 0.717) is 6.54 Å². The Morgan fingerprint density at radius 3 is 2.57 bits per heavy atom. The highest BCUT2D eigenvalue weighted by molar-refractivity contribution is 7.13. The van der Waals surface area contributed by atoms with Crippen LogP contribution in [0.5, 0.6) is 11.5 Å². The molecule has 1 heterocycles.